The van der Waals surface area contributed by atoms with E-state index in [9.17, 15) is 14.7 Å². The van der Waals surface area contributed by atoms with E-state index in [2.05, 4.69) is 0 Å². The van der Waals surface area contributed by atoms with Crippen molar-refractivity contribution in [1.82, 2.24) is 0 Å². The van der Waals surface area contributed by atoms with Crippen molar-refractivity contribution in [3.63, 3.8) is 0 Å². The quantitative estimate of drug-likeness (QED) is 0.307. The molecule has 1 N–H and O–H groups in total. The van der Waals surface area contributed by atoms with Gasteiger partial charge in [-0.15, -0.1) is 0 Å². The molecule has 0 radical (unpaired) electrons. The third kappa shape index (κ3) is 4.15. The Labute approximate surface area is 199 Å². The summed E-state index contributed by atoms with van der Waals surface area (Å²) in [6, 6.07) is 18.9. The number of carbonyl (C=O) groups excluding carboxylic acids is 2. The van der Waals surface area contributed by atoms with Crippen molar-refractivity contribution in [1.29, 1.82) is 0 Å². The molecule has 6 heteroatoms. The molecule has 1 unspecified atom stereocenters. The summed E-state index contributed by atoms with van der Waals surface area (Å²) in [7, 11) is 1.54. The number of hydrogen-bond donors (Lipinski definition) is 1. The topological polar surface area (TPSA) is 76.1 Å². The molecule has 3 aromatic rings. The number of Topliss-reactive ketones (excluding diaryl/α,β-unsaturated/α-hetero) is 1. The average Bonchev–Trinajstić information content (AvgIpc) is 3.08. The molecule has 174 valence electrons. The Hall–Kier alpha value is -4.06. The van der Waals surface area contributed by atoms with Crippen LogP contribution in [0.25, 0.3) is 5.76 Å². The van der Waals surface area contributed by atoms with Gasteiger partial charge in [0.2, 0.25) is 0 Å². The average molecular weight is 458 g/mol. The van der Waals surface area contributed by atoms with Gasteiger partial charge in [-0.2, -0.15) is 0 Å². The van der Waals surface area contributed by atoms with Crippen LogP contribution >= 0.6 is 0 Å². The Kier molecular flexibility index (Phi) is 6.41. The largest absolute Gasteiger partial charge is 0.507 e. The molecule has 0 saturated carbocycles. The lowest BCUT2D eigenvalue weighted by Crippen LogP contribution is -2.29. The lowest BCUT2D eigenvalue weighted by atomic mass is 9.94. The van der Waals surface area contributed by atoms with Crippen molar-refractivity contribution >= 4 is 23.1 Å². The lowest BCUT2D eigenvalue weighted by Gasteiger charge is -2.27. The Bertz CT molecular complexity index is 1270. The minimum Gasteiger partial charge on any atom is -0.507 e. The molecule has 1 fully saturated rings. The number of ketones is 1. The van der Waals surface area contributed by atoms with Crippen LogP contribution in [-0.4, -0.2) is 30.5 Å². The molecule has 1 heterocycles. The summed E-state index contributed by atoms with van der Waals surface area (Å²) in [5.41, 5.74) is 3.50. The van der Waals surface area contributed by atoms with Gasteiger partial charge < -0.3 is 14.6 Å². The molecule has 0 bridgehead atoms. The van der Waals surface area contributed by atoms with E-state index in [-0.39, 0.29) is 11.3 Å². The van der Waals surface area contributed by atoms with Gasteiger partial charge in [-0.1, -0.05) is 36.4 Å². The van der Waals surface area contributed by atoms with Crippen LogP contribution in [0.15, 0.2) is 72.3 Å². The number of rotatable bonds is 6. The summed E-state index contributed by atoms with van der Waals surface area (Å²) < 4.78 is 11.1. The molecule has 1 atom stereocenters. The van der Waals surface area contributed by atoms with E-state index in [1.54, 1.807) is 36.4 Å². The van der Waals surface area contributed by atoms with Crippen LogP contribution in [0.1, 0.15) is 35.2 Å². The number of para-hydroxylation sites is 1. The van der Waals surface area contributed by atoms with E-state index in [1.807, 2.05) is 51.1 Å². The second-order valence-electron chi connectivity index (χ2n) is 8.22. The zero-order chi connectivity index (χ0) is 24.4. The van der Waals surface area contributed by atoms with Gasteiger partial charge in [0.15, 0.2) is 0 Å². The minimum atomic E-state index is -0.868. The van der Waals surface area contributed by atoms with E-state index in [0.717, 1.165) is 11.1 Å². The number of carbonyl (C=O) groups is 2. The zero-order valence-corrected chi connectivity index (χ0v) is 19.7. The normalized spacial score (nSPS) is 17.2. The van der Waals surface area contributed by atoms with Gasteiger partial charge in [0.1, 0.15) is 17.3 Å². The van der Waals surface area contributed by atoms with Crippen molar-refractivity contribution in [3.05, 3.63) is 94.6 Å². The Morgan fingerprint density at radius 1 is 0.971 bits per heavy atom. The van der Waals surface area contributed by atoms with E-state index in [0.29, 0.717) is 34.9 Å². The first-order valence-corrected chi connectivity index (χ1v) is 11.1. The summed E-state index contributed by atoms with van der Waals surface area (Å²) in [6.45, 7) is 6.20. The zero-order valence-electron chi connectivity index (χ0n) is 19.7. The van der Waals surface area contributed by atoms with E-state index in [1.165, 1.54) is 12.0 Å². The van der Waals surface area contributed by atoms with E-state index < -0.39 is 17.7 Å². The van der Waals surface area contributed by atoms with Crippen LogP contribution in [0.5, 0.6) is 11.5 Å². The van der Waals surface area contributed by atoms with Crippen molar-refractivity contribution in [2.75, 3.05) is 18.6 Å². The van der Waals surface area contributed by atoms with Crippen LogP contribution in [-0.2, 0) is 9.59 Å². The molecule has 0 aliphatic carbocycles. The third-order valence-corrected chi connectivity index (χ3v) is 5.78. The maximum atomic E-state index is 13.4. The fraction of sp³-hybridized carbons (Fsp3) is 0.214. The maximum absolute atomic E-state index is 13.4. The Morgan fingerprint density at radius 3 is 2.35 bits per heavy atom. The van der Waals surface area contributed by atoms with Crippen molar-refractivity contribution in [2.45, 2.75) is 26.8 Å². The summed E-state index contributed by atoms with van der Waals surface area (Å²) in [5, 5.41) is 11.4. The highest BCUT2D eigenvalue weighted by molar-refractivity contribution is 6.51. The SMILES string of the molecule is CCOc1cccc(/C(O)=C2\C(=O)C(=O)N(c3cc(C)cc(C)c3)C2c2ccccc2OC)c1. The molecule has 3 aromatic carbocycles. The van der Waals surface area contributed by atoms with Crippen molar-refractivity contribution in [3.8, 4) is 11.5 Å². The second kappa shape index (κ2) is 9.43. The molecular formula is C28H27NO5. The predicted molar refractivity (Wildman–Crippen MR) is 131 cm³/mol. The van der Waals surface area contributed by atoms with Crippen molar-refractivity contribution in [2.24, 2.45) is 0 Å². The molecule has 0 aromatic heterocycles. The van der Waals surface area contributed by atoms with Crippen LogP contribution in [0.3, 0.4) is 0 Å². The summed E-state index contributed by atoms with van der Waals surface area (Å²) in [5.74, 6) is -0.651. The Morgan fingerprint density at radius 2 is 1.68 bits per heavy atom. The Balaban J connectivity index is 1.98. The van der Waals surface area contributed by atoms with E-state index in [4.69, 9.17) is 9.47 Å². The number of aryl methyl sites for hydroxylation is 2. The number of ether oxygens (including phenoxy) is 2. The molecule has 4 rings (SSSR count). The van der Waals surface area contributed by atoms with Gasteiger partial charge in [-0.25, -0.2) is 0 Å². The highest BCUT2D eigenvalue weighted by Crippen LogP contribution is 2.45. The first-order valence-electron chi connectivity index (χ1n) is 11.1. The number of anilines is 1. The molecule has 1 aliphatic heterocycles. The van der Waals surface area contributed by atoms with Gasteiger partial charge >= 0.3 is 0 Å². The first-order chi connectivity index (χ1) is 16.3. The predicted octanol–water partition coefficient (Wildman–Crippen LogP) is 5.34. The van der Waals surface area contributed by atoms with Gasteiger partial charge in [-0.3, -0.25) is 14.5 Å². The van der Waals surface area contributed by atoms with Crippen LogP contribution in [0, 0.1) is 13.8 Å². The van der Waals surface area contributed by atoms with Crippen molar-refractivity contribution < 1.29 is 24.2 Å². The number of benzene rings is 3. The molecular weight excluding hydrogens is 430 g/mol. The van der Waals surface area contributed by atoms with Gasteiger partial charge in [-0.05, 0) is 62.2 Å². The molecule has 1 aliphatic rings. The minimum absolute atomic E-state index is 0.00214. The highest BCUT2D eigenvalue weighted by atomic mass is 16.5. The van der Waals surface area contributed by atoms with Gasteiger partial charge in [0, 0.05) is 16.8 Å². The number of methoxy groups -OCH3 is 1. The fourth-order valence-electron chi connectivity index (χ4n) is 4.43. The van der Waals surface area contributed by atoms with Crippen LogP contribution in [0.2, 0.25) is 0 Å². The first kappa shape index (κ1) is 23.1. The second-order valence-corrected chi connectivity index (χ2v) is 8.22. The molecule has 1 amide bonds. The monoisotopic (exact) mass is 457 g/mol. The van der Waals surface area contributed by atoms with Gasteiger partial charge in [0.05, 0.1) is 25.3 Å². The van der Waals surface area contributed by atoms with E-state index >= 15 is 0 Å². The molecule has 0 spiro atoms. The molecule has 6 nitrogen and oxygen atoms in total. The lowest BCUT2D eigenvalue weighted by molar-refractivity contribution is -0.132. The number of aliphatic hydroxyl groups is 1. The standard InChI is InChI=1S/C28H27NO5/c1-5-34-21-10-8-9-19(16-21)26(30)24-25(22-11-6-7-12-23(22)33-4)29(28(32)27(24)31)20-14-17(2)13-18(3)15-20/h6-16,25,30H,5H2,1-4H3/b26-24+. The number of amides is 1. The van der Waals surface area contributed by atoms with Crippen LogP contribution in [0.4, 0.5) is 5.69 Å². The maximum Gasteiger partial charge on any atom is 0.300 e. The molecule has 34 heavy (non-hydrogen) atoms. The summed E-state index contributed by atoms with van der Waals surface area (Å²) in [6.07, 6.45) is 0. The summed E-state index contributed by atoms with van der Waals surface area (Å²) in [4.78, 5) is 28.2. The number of aliphatic hydroxyl groups excluding tert-OH is 1. The fourth-order valence-corrected chi connectivity index (χ4v) is 4.43. The van der Waals surface area contributed by atoms with Gasteiger partial charge in [0.25, 0.3) is 11.7 Å². The summed E-state index contributed by atoms with van der Waals surface area (Å²) >= 11 is 0. The molecule has 1 saturated heterocycles. The van der Waals surface area contributed by atoms with Crippen LogP contribution < -0.4 is 14.4 Å². The highest BCUT2D eigenvalue weighted by Gasteiger charge is 2.48. The smallest absolute Gasteiger partial charge is 0.300 e. The number of nitrogens with zero attached hydrogens (tertiary/aromatic N) is 1. The third-order valence-electron chi connectivity index (χ3n) is 5.78. The number of hydrogen-bond acceptors (Lipinski definition) is 5.